The van der Waals surface area contributed by atoms with Crippen LogP contribution in [0.1, 0.15) is 32.8 Å². The summed E-state index contributed by atoms with van der Waals surface area (Å²) in [5.41, 5.74) is 7.12. The molecule has 11 nitrogen and oxygen atoms in total. The highest BCUT2D eigenvalue weighted by Gasteiger charge is 2.28. The first-order valence-electron chi connectivity index (χ1n) is 11.1. The summed E-state index contributed by atoms with van der Waals surface area (Å²) in [6, 6.07) is 4.04. The Hall–Kier alpha value is -3.44. The Balaban J connectivity index is 2.05. The number of benzene rings is 1. The lowest BCUT2D eigenvalue weighted by Gasteiger charge is -2.23. The number of carbonyl (C=O) groups excluding carboxylic acids is 3. The van der Waals surface area contributed by atoms with Gasteiger partial charge < -0.3 is 36.9 Å². The Bertz CT molecular complexity index is 1020. The van der Waals surface area contributed by atoms with Gasteiger partial charge in [0.15, 0.2) is 0 Å². The van der Waals surface area contributed by atoms with E-state index < -0.39 is 54.5 Å². The minimum absolute atomic E-state index is 0.0196. The molecular weight excluding hydrogens is 442 g/mol. The van der Waals surface area contributed by atoms with Crippen LogP contribution in [-0.4, -0.2) is 69.7 Å². The van der Waals surface area contributed by atoms with Crippen molar-refractivity contribution in [3.8, 4) is 0 Å². The van der Waals surface area contributed by atoms with Crippen molar-refractivity contribution in [1.82, 2.24) is 20.9 Å². The van der Waals surface area contributed by atoms with Crippen molar-refractivity contribution in [2.75, 3.05) is 6.54 Å². The maximum absolute atomic E-state index is 12.9. The summed E-state index contributed by atoms with van der Waals surface area (Å²) in [4.78, 5) is 52.0. The number of carboxylic acid groups (broad SMARTS) is 1. The number of aromatic nitrogens is 1. The van der Waals surface area contributed by atoms with Crippen LogP contribution in [0.3, 0.4) is 0 Å². The molecule has 1 heterocycles. The SMILES string of the molecule is CC(C)CC(NC(=O)CNC(=O)C(N)C(C)O)C(=O)NC(Cc1c[nH]c2ccccc12)C(=O)O. The second kappa shape index (κ2) is 12.1. The van der Waals surface area contributed by atoms with Crippen LogP contribution in [0.2, 0.25) is 0 Å². The van der Waals surface area contributed by atoms with Gasteiger partial charge in [-0.2, -0.15) is 0 Å². The number of hydrogen-bond donors (Lipinski definition) is 7. The van der Waals surface area contributed by atoms with E-state index in [0.717, 1.165) is 16.5 Å². The molecule has 0 radical (unpaired) electrons. The van der Waals surface area contributed by atoms with Gasteiger partial charge in [-0.05, 0) is 30.9 Å². The molecule has 2 aromatic rings. The number of fused-ring (bicyclic) bond motifs is 1. The van der Waals surface area contributed by atoms with Gasteiger partial charge in [-0.1, -0.05) is 32.0 Å². The van der Waals surface area contributed by atoms with Crippen LogP contribution >= 0.6 is 0 Å². The van der Waals surface area contributed by atoms with Crippen molar-refractivity contribution in [3.63, 3.8) is 0 Å². The Labute approximate surface area is 197 Å². The number of aliphatic hydroxyl groups is 1. The molecule has 0 saturated heterocycles. The van der Waals surface area contributed by atoms with Gasteiger partial charge in [0.1, 0.15) is 18.1 Å². The zero-order valence-electron chi connectivity index (χ0n) is 19.5. The number of aliphatic hydroxyl groups excluding tert-OH is 1. The van der Waals surface area contributed by atoms with E-state index >= 15 is 0 Å². The first kappa shape index (κ1) is 26.8. The zero-order valence-corrected chi connectivity index (χ0v) is 19.5. The molecule has 2 rings (SSSR count). The molecule has 0 aliphatic carbocycles. The molecule has 1 aromatic heterocycles. The summed E-state index contributed by atoms with van der Waals surface area (Å²) in [6.45, 7) is 4.62. The summed E-state index contributed by atoms with van der Waals surface area (Å²) in [6.07, 6.45) is 0.937. The van der Waals surface area contributed by atoms with Gasteiger partial charge in [-0.25, -0.2) is 4.79 Å². The molecule has 186 valence electrons. The quantitative estimate of drug-likeness (QED) is 0.218. The third-order valence-corrected chi connectivity index (χ3v) is 5.32. The molecular formula is C23H33N5O6. The number of rotatable bonds is 12. The van der Waals surface area contributed by atoms with E-state index in [-0.39, 0.29) is 18.8 Å². The minimum atomic E-state index is -1.21. The fourth-order valence-corrected chi connectivity index (χ4v) is 3.45. The molecule has 11 heteroatoms. The number of carbonyl (C=O) groups is 4. The van der Waals surface area contributed by atoms with E-state index in [1.54, 1.807) is 6.20 Å². The first-order chi connectivity index (χ1) is 16.0. The number of aromatic amines is 1. The lowest BCUT2D eigenvalue weighted by Crippen LogP contribution is -2.55. The molecule has 4 atom stereocenters. The summed E-state index contributed by atoms with van der Waals surface area (Å²) >= 11 is 0. The molecule has 0 saturated carbocycles. The fraction of sp³-hybridized carbons (Fsp3) is 0.478. The van der Waals surface area contributed by atoms with E-state index in [0.29, 0.717) is 0 Å². The summed E-state index contributed by atoms with van der Waals surface area (Å²) < 4.78 is 0. The van der Waals surface area contributed by atoms with Crippen molar-refractivity contribution in [2.24, 2.45) is 11.7 Å². The monoisotopic (exact) mass is 475 g/mol. The largest absolute Gasteiger partial charge is 0.480 e. The Morgan fingerprint density at radius 3 is 2.32 bits per heavy atom. The smallest absolute Gasteiger partial charge is 0.326 e. The fourth-order valence-electron chi connectivity index (χ4n) is 3.45. The topological polar surface area (TPSA) is 187 Å². The number of para-hydroxylation sites is 1. The average Bonchev–Trinajstić information content (AvgIpc) is 3.18. The standard InChI is InChI=1S/C23H33N5O6/c1-12(2)8-17(27-19(30)11-26-22(32)20(24)13(3)29)21(31)28-18(23(33)34)9-14-10-25-16-7-5-4-6-15(14)16/h4-7,10,12-13,17-18,20,25,29H,8-9,11,24H2,1-3H3,(H,26,32)(H,27,30)(H,28,31)(H,33,34). The van der Waals surface area contributed by atoms with Gasteiger partial charge >= 0.3 is 5.97 Å². The minimum Gasteiger partial charge on any atom is -0.480 e. The molecule has 0 aliphatic rings. The number of nitrogens with one attached hydrogen (secondary N) is 4. The van der Waals surface area contributed by atoms with E-state index in [4.69, 9.17) is 5.73 Å². The van der Waals surface area contributed by atoms with E-state index in [2.05, 4.69) is 20.9 Å². The van der Waals surface area contributed by atoms with E-state index in [1.807, 2.05) is 38.1 Å². The molecule has 0 aliphatic heterocycles. The summed E-state index contributed by atoms with van der Waals surface area (Å²) in [7, 11) is 0. The van der Waals surface area contributed by atoms with Gasteiger partial charge in [0.05, 0.1) is 12.6 Å². The summed E-state index contributed by atoms with van der Waals surface area (Å²) in [5.74, 6) is -3.17. The normalized spacial score (nSPS) is 14.8. The molecule has 1 aromatic carbocycles. The Morgan fingerprint density at radius 2 is 1.71 bits per heavy atom. The van der Waals surface area contributed by atoms with Crippen molar-refractivity contribution in [3.05, 3.63) is 36.0 Å². The predicted molar refractivity (Wildman–Crippen MR) is 126 cm³/mol. The molecule has 34 heavy (non-hydrogen) atoms. The first-order valence-corrected chi connectivity index (χ1v) is 11.1. The molecule has 0 bridgehead atoms. The lowest BCUT2D eigenvalue weighted by atomic mass is 10.0. The zero-order chi connectivity index (χ0) is 25.4. The van der Waals surface area contributed by atoms with Crippen LogP contribution in [0.5, 0.6) is 0 Å². The van der Waals surface area contributed by atoms with Crippen molar-refractivity contribution in [1.29, 1.82) is 0 Å². The van der Waals surface area contributed by atoms with Gasteiger partial charge in [-0.3, -0.25) is 14.4 Å². The lowest BCUT2D eigenvalue weighted by molar-refractivity contribution is -0.142. The molecule has 3 amide bonds. The second-order valence-electron chi connectivity index (χ2n) is 8.70. The Morgan fingerprint density at radius 1 is 1.03 bits per heavy atom. The van der Waals surface area contributed by atoms with Gasteiger partial charge in [0.2, 0.25) is 17.7 Å². The van der Waals surface area contributed by atoms with Crippen molar-refractivity contribution in [2.45, 2.75) is 57.8 Å². The third kappa shape index (κ3) is 7.56. The third-order valence-electron chi connectivity index (χ3n) is 5.32. The number of aliphatic carboxylic acids is 1. The highest BCUT2D eigenvalue weighted by molar-refractivity contribution is 5.93. The number of carboxylic acids is 1. The molecule has 0 spiro atoms. The number of nitrogens with two attached hydrogens (primary N) is 1. The number of amides is 3. The Kier molecular flexibility index (Phi) is 9.58. The molecule has 4 unspecified atom stereocenters. The van der Waals surface area contributed by atoms with Crippen LogP contribution in [0.4, 0.5) is 0 Å². The van der Waals surface area contributed by atoms with E-state index in [1.165, 1.54) is 6.92 Å². The number of H-pyrrole nitrogens is 1. The van der Waals surface area contributed by atoms with Gasteiger partial charge in [0.25, 0.3) is 0 Å². The predicted octanol–water partition coefficient (Wildman–Crippen LogP) is -0.365. The van der Waals surface area contributed by atoms with Crippen LogP contribution < -0.4 is 21.7 Å². The summed E-state index contributed by atoms with van der Waals surface area (Å²) in [5, 5.41) is 27.3. The maximum atomic E-state index is 12.9. The highest BCUT2D eigenvalue weighted by Crippen LogP contribution is 2.19. The highest BCUT2D eigenvalue weighted by atomic mass is 16.4. The van der Waals surface area contributed by atoms with Crippen molar-refractivity contribution < 1.29 is 29.4 Å². The van der Waals surface area contributed by atoms with E-state index in [9.17, 15) is 29.4 Å². The second-order valence-corrected chi connectivity index (χ2v) is 8.70. The van der Waals surface area contributed by atoms with Crippen LogP contribution in [0.15, 0.2) is 30.5 Å². The van der Waals surface area contributed by atoms with Crippen molar-refractivity contribution >= 4 is 34.6 Å². The average molecular weight is 476 g/mol. The maximum Gasteiger partial charge on any atom is 0.326 e. The van der Waals surface area contributed by atoms with Crippen LogP contribution in [0.25, 0.3) is 10.9 Å². The molecule has 0 fully saturated rings. The van der Waals surface area contributed by atoms with Crippen LogP contribution in [0, 0.1) is 5.92 Å². The van der Waals surface area contributed by atoms with Crippen LogP contribution in [-0.2, 0) is 25.6 Å². The van der Waals surface area contributed by atoms with Gasteiger partial charge in [0, 0.05) is 23.5 Å². The molecule has 8 N–H and O–H groups in total. The van der Waals surface area contributed by atoms with Gasteiger partial charge in [-0.15, -0.1) is 0 Å². The number of hydrogen-bond acceptors (Lipinski definition) is 6.